The van der Waals surface area contributed by atoms with Crippen LogP contribution in [0.4, 0.5) is 5.69 Å². The van der Waals surface area contributed by atoms with Crippen LogP contribution in [0.3, 0.4) is 0 Å². The molecular weight excluding hydrogens is 477 g/mol. The van der Waals surface area contributed by atoms with Gasteiger partial charge in [0.2, 0.25) is 15.9 Å². The topological polar surface area (TPSA) is 123 Å². The van der Waals surface area contributed by atoms with Crippen molar-refractivity contribution >= 4 is 44.8 Å². The smallest absolute Gasteiger partial charge is 0.287 e. The number of hydrogen-bond donors (Lipinski definition) is 2. The van der Waals surface area contributed by atoms with Crippen molar-refractivity contribution in [2.24, 2.45) is 0 Å². The minimum Gasteiger partial charge on any atom is -0.324 e. The van der Waals surface area contributed by atoms with Gasteiger partial charge >= 0.3 is 0 Å². The molecule has 0 saturated carbocycles. The first-order chi connectivity index (χ1) is 15.1. The van der Waals surface area contributed by atoms with Crippen molar-refractivity contribution in [1.29, 1.82) is 0 Å². The van der Waals surface area contributed by atoms with Crippen LogP contribution in [0.15, 0.2) is 52.4 Å². The van der Waals surface area contributed by atoms with Crippen molar-refractivity contribution in [2.75, 3.05) is 5.32 Å². The van der Waals surface area contributed by atoms with Gasteiger partial charge in [-0.2, -0.15) is 5.10 Å². The lowest BCUT2D eigenvalue weighted by atomic mass is 10.2. The standard InChI is InChI=1S/C20H19Cl2N5O4S/c1-12-4-3-7-23-16(12)10-25-32(30,31)17-8-14(6-5-13(17)2)26-18(28)11-27-20(29)19(22)15(21)9-24-27/h3-9,25H,10-11H2,1-2H3,(H,26,28). The maximum Gasteiger partial charge on any atom is 0.287 e. The number of pyridine rings is 1. The van der Waals surface area contributed by atoms with Gasteiger partial charge in [-0.05, 0) is 43.2 Å². The van der Waals surface area contributed by atoms with E-state index in [2.05, 4.69) is 20.1 Å². The molecule has 12 heteroatoms. The molecule has 2 aromatic heterocycles. The summed E-state index contributed by atoms with van der Waals surface area (Å²) in [6.07, 6.45) is 2.75. The van der Waals surface area contributed by atoms with E-state index < -0.39 is 28.0 Å². The van der Waals surface area contributed by atoms with Crippen molar-refractivity contribution < 1.29 is 13.2 Å². The Labute approximate surface area is 194 Å². The number of halogens is 2. The number of sulfonamides is 1. The monoisotopic (exact) mass is 495 g/mol. The first-order valence-corrected chi connectivity index (χ1v) is 11.5. The van der Waals surface area contributed by atoms with Crippen LogP contribution in [0.5, 0.6) is 0 Å². The van der Waals surface area contributed by atoms with Gasteiger partial charge in [-0.1, -0.05) is 35.3 Å². The fourth-order valence-corrected chi connectivity index (χ4v) is 4.33. The number of amides is 1. The summed E-state index contributed by atoms with van der Waals surface area (Å²) < 4.78 is 29.1. The molecule has 0 aliphatic rings. The molecular formula is C20H19Cl2N5O4S. The largest absolute Gasteiger partial charge is 0.324 e. The highest BCUT2D eigenvalue weighted by atomic mass is 35.5. The van der Waals surface area contributed by atoms with Gasteiger partial charge in [0.25, 0.3) is 5.56 Å². The molecule has 2 N–H and O–H groups in total. The molecule has 9 nitrogen and oxygen atoms in total. The lowest BCUT2D eigenvalue weighted by Gasteiger charge is -2.13. The number of anilines is 1. The molecule has 3 rings (SSSR count). The highest BCUT2D eigenvalue weighted by Gasteiger charge is 2.19. The van der Waals surface area contributed by atoms with Crippen molar-refractivity contribution in [3.8, 4) is 0 Å². The Morgan fingerprint density at radius 3 is 2.62 bits per heavy atom. The van der Waals surface area contributed by atoms with E-state index in [1.165, 1.54) is 6.07 Å². The maximum absolute atomic E-state index is 12.8. The second-order valence-electron chi connectivity index (χ2n) is 6.89. The van der Waals surface area contributed by atoms with Crippen LogP contribution in [0.1, 0.15) is 16.8 Å². The highest BCUT2D eigenvalue weighted by molar-refractivity contribution is 7.89. The second kappa shape index (κ2) is 9.78. The zero-order valence-electron chi connectivity index (χ0n) is 17.1. The third-order valence-corrected chi connectivity index (χ3v) is 6.84. The molecule has 0 fully saturated rings. The molecule has 168 valence electrons. The zero-order valence-corrected chi connectivity index (χ0v) is 19.4. The molecule has 2 heterocycles. The molecule has 32 heavy (non-hydrogen) atoms. The van der Waals surface area contributed by atoms with Crippen LogP contribution in [0.2, 0.25) is 10.0 Å². The second-order valence-corrected chi connectivity index (χ2v) is 9.41. The van der Waals surface area contributed by atoms with Crippen molar-refractivity contribution in [1.82, 2.24) is 19.5 Å². The van der Waals surface area contributed by atoms with E-state index in [4.69, 9.17) is 23.2 Å². The van der Waals surface area contributed by atoms with Gasteiger partial charge in [0.15, 0.2) is 0 Å². The lowest BCUT2D eigenvalue weighted by molar-refractivity contribution is -0.117. The van der Waals surface area contributed by atoms with E-state index in [0.717, 1.165) is 16.4 Å². The van der Waals surface area contributed by atoms with Gasteiger partial charge in [0, 0.05) is 11.9 Å². The van der Waals surface area contributed by atoms with Crippen molar-refractivity contribution in [3.05, 3.63) is 79.9 Å². The van der Waals surface area contributed by atoms with Gasteiger partial charge in [0.05, 0.1) is 28.4 Å². The van der Waals surface area contributed by atoms with Gasteiger partial charge in [0.1, 0.15) is 11.6 Å². The van der Waals surface area contributed by atoms with Crippen LogP contribution >= 0.6 is 23.2 Å². The quantitative estimate of drug-likeness (QED) is 0.519. The third kappa shape index (κ3) is 5.52. The molecule has 0 unspecified atom stereocenters. The number of aromatic nitrogens is 3. The molecule has 0 aliphatic heterocycles. The average Bonchev–Trinajstić information content (AvgIpc) is 2.75. The SMILES string of the molecule is Cc1ccc(NC(=O)Cn2ncc(Cl)c(Cl)c2=O)cc1S(=O)(=O)NCc1ncccc1C. The number of aryl methyl sites for hydroxylation is 2. The lowest BCUT2D eigenvalue weighted by Crippen LogP contribution is -2.30. The Kier molecular flexibility index (Phi) is 7.29. The molecule has 0 bridgehead atoms. The van der Waals surface area contributed by atoms with Crippen LogP contribution in [-0.2, 0) is 27.9 Å². The van der Waals surface area contributed by atoms with E-state index in [9.17, 15) is 18.0 Å². The number of carbonyl (C=O) groups excluding carboxylic acids is 1. The van der Waals surface area contributed by atoms with Crippen LogP contribution in [0.25, 0.3) is 0 Å². The number of carbonyl (C=O) groups is 1. The van der Waals surface area contributed by atoms with E-state index in [0.29, 0.717) is 11.3 Å². The van der Waals surface area contributed by atoms with Crippen molar-refractivity contribution in [2.45, 2.75) is 31.8 Å². The Hall–Kier alpha value is -2.79. The van der Waals surface area contributed by atoms with E-state index in [-0.39, 0.29) is 27.2 Å². The Morgan fingerprint density at radius 1 is 1.16 bits per heavy atom. The molecule has 0 spiro atoms. The van der Waals surface area contributed by atoms with Gasteiger partial charge in [-0.3, -0.25) is 14.6 Å². The first-order valence-electron chi connectivity index (χ1n) is 9.30. The summed E-state index contributed by atoms with van der Waals surface area (Å²) in [5.41, 5.74) is 1.49. The summed E-state index contributed by atoms with van der Waals surface area (Å²) in [5.74, 6) is -0.595. The molecule has 1 amide bonds. The first kappa shape index (κ1) is 23.9. The van der Waals surface area contributed by atoms with Crippen LogP contribution in [-0.4, -0.2) is 29.1 Å². The molecule has 1 aromatic carbocycles. The number of benzene rings is 1. The third-order valence-electron chi connectivity index (χ3n) is 4.54. The minimum absolute atomic E-state index is 0.00807. The summed E-state index contributed by atoms with van der Waals surface area (Å²) in [5, 5.41) is 6.06. The number of rotatable bonds is 7. The predicted molar refractivity (Wildman–Crippen MR) is 121 cm³/mol. The average molecular weight is 496 g/mol. The predicted octanol–water partition coefficient (Wildman–Crippen LogP) is 2.68. The number of nitrogens with zero attached hydrogens (tertiary/aromatic N) is 3. The molecule has 0 radical (unpaired) electrons. The Balaban J connectivity index is 1.76. The Bertz CT molecular complexity index is 1340. The van der Waals surface area contributed by atoms with Crippen LogP contribution in [0, 0.1) is 13.8 Å². The highest BCUT2D eigenvalue weighted by Crippen LogP contribution is 2.21. The summed E-state index contributed by atoms with van der Waals surface area (Å²) >= 11 is 11.5. The minimum atomic E-state index is -3.88. The fraction of sp³-hybridized carbons (Fsp3) is 0.200. The summed E-state index contributed by atoms with van der Waals surface area (Å²) in [6, 6.07) is 8.07. The van der Waals surface area contributed by atoms with Crippen molar-refractivity contribution in [3.63, 3.8) is 0 Å². The van der Waals surface area contributed by atoms with Crippen LogP contribution < -0.4 is 15.6 Å². The van der Waals surface area contributed by atoms with Gasteiger partial charge < -0.3 is 5.32 Å². The van der Waals surface area contributed by atoms with E-state index >= 15 is 0 Å². The molecule has 3 aromatic rings. The van der Waals surface area contributed by atoms with E-state index in [1.807, 2.05) is 13.0 Å². The normalized spacial score (nSPS) is 11.4. The van der Waals surface area contributed by atoms with Gasteiger partial charge in [-0.25, -0.2) is 17.8 Å². The fourth-order valence-electron chi connectivity index (χ4n) is 2.81. The molecule has 0 aliphatic carbocycles. The molecule has 0 atom stereocenters. The Morgan fingerprint density at radius 2 is 1.91 bits per heavy atom. The number of nitrogens with one attached hydrogen (secondary N) is 2. The summed E-state index contributed by atoms with van der Waals surface area (Å²) in [4.78, 5) is 28.6. The van der Waals surface area contributed by atoms with E-state index in [1.54, 1.807) is 31.3 Å². The zero-order chi connectivity index (χ0) is 23.5. The molecule has 0 saturated heterocycles. The van der Waals surface area contributed by atoms with Gasteiger partial charge in [-0.15, -0.1) is 0 Å². The summed E-state index contributed by atoms with van der Waals surface area (Å²) in [6.45, 7) is 3.08. The number of hydrogen-bond acceptors (Lipinski definition) is 6. The maximum atomic E-state index is 12.8. The summed E-state index contributed by atoms with van der Waals surface area (Å²) in [7, 11) is -3.88.